The van der Waals surface area contributed by atoms with Crippen LogP contribution in [0.3, 0.4) is 0 Å². The Morgan fingerprint density at radius 2 is 2.47 bits per heavy atom. The van der Waals surface area contributed by atoms with Crippen LogP contribution in [0.5, 0.6) is 0 Å². The van der Waals surface area contributed by atoms with Crippen molar-refractivity contribution in [2.75, 3.05) is 0 Å². The maximum absolute atomic E-state index is 5.53. The number of hydrogen-bond acceptors (Lipinski definition) is 5. The summed E-state index contributed by atoms with van der Waals surface area (Å²) in [7, 11) is 0. The highest BCUT2D eigenvalue weighted by atomic mass is 32.1. The van der Waals surface area contributed by atoms with Crippen molar-refractivity contribution in [3.63, 3.8) is 0 Å². The maximum Gasteiger partial charge on any atom is 0.122 e. The second kappa shape index (κ2) is 4.57. The highest BCUT2D eigenvalue weighted by molar-refractivity contribution is 7.09. The van der Waals surface area contributed by atoms with Crippen molar-refractivity contribution in [1.82, 2.24) is 10.4 Å². The van der Waals surface area contributed by atoms with E-state index in [-0.39, 0.29) is 6.04 Å². The Hall–Kier alpha value is -1.17. The lowest BCUT2D eigenvalue weighted by Crippen LogP contribution is -2.29. The molecule has 2 aromatic heterocycles. The summed E-state index contributed by atoms with van der Waals surface area (Å²) in [5.41, 5.74) is 4.57. The predicted octanol–water partition coefficient (Wildman–Crippen LogP) is 1.79. The first kappa shape index (κ1) is 10.4. The number of furan rings is 1. The number of nitrogens with one attached hydrogen (secondary N) is 1. The van der Waals surface area contributed by atoms with Crippen molar-refractivity contribution < 1.29 is 4.42 Å². The minimum atomic E-state index is 0.0131. The summed E-state index contributed by atoms with van der Waals surface area (Å²) in [4.78, 5) is 5.21. The van der Waals surface area contributed by atoms with Crippen LogP contribution in [-0.4, -0.2) is 4.98 Å². The van der Waals surface area contributed by atoms with Crippen molar-refractivity contribution in [2.24, 2.45) is 5.84 Å². The van der Waals surface area contributed by atoms with Gasteiger partial charge in [-0.1, -0.05) is 0 Å². The van der Waals surface area contributed by atoms with Gasteiger partial charge in [0.25, 0.3) is 0 Å². The highest BCUT2D eigenvalue weighted by Crippen LogP contribution is 2.21. The second-order valence-electron chi connectivity index (χ2n) is 3.34. The molecule has 5 heteroatoms. The molecule has 0 aliphatic heterocycles. The van der Waals surface area contributed by atoms with E-state index in [2.05, 4.69) is 10.4 Å². The molecule has 0 aliphatic rings. The van der Waals surface area contributed by atoms with Crippen LogP contribution in [0.2, 0.25) is 0 Å². The smallest absolute Gasteiger partial charge is 0.122 e. The Labute approximate surface area is 92.1 Å². The molecule has 0 fully saturated rings. The number of aromatic nitrogens is 1. The lowest BCUT2D eigenvalue weighted by molar-refractivity contribution is 0.404. The van der Waals surface area contributed by atoms with Crippen molar-refractivity contribution in [1.29, 1.82) is 0 Å². The van der Waals surface area contributed by atoms with Gasteiger partial charge in [-0.3, -0.25) is 10.8 Å². The summed E-state index contributed by atoms with van der Waals surface area (Å²) < 4.78 is 5.53. The average Bonchev–Trinajstić information content (AvgIpc) is 2.85. The van der Waals surface area contributed by atoms with E-state index in [0.717, 1.165) is 17.9 Å². The van der Waals surface area contributed by atoms with Gasteiger partial charge in [0, 0.05) is 17.5 Å². The number of hydrazine groups is 1. The first-order chi connectivity index (χ1) is 7.29. The van der Waals surface area contributed by atoms with E-state index in [9.17, 15) is 0 Å². The van der Waals surface area contributed by atoms with Gasteiger partial charge in [-0.25, -0.2) is 5.43 Å². The Balaban J connectivity index is 2.11. The molecule has 2 rings (SSSR count). The lowest BCUT2D eigenvalue weighted by atomic mass is 10.1. The monoisotopic (exact) mass is 223 g/mol. The van der Waals surface area contributed by atoms with Crippen molar-refractivity contribution >= 4 is 11.3 Å². The molecule has 2 aromatic rings. The van der Waals surface area contributed by atoms with Crippen molar-refractivity contribution in [3.8, 4) is 0 Å². The van der Waals surface area contributed by atoms with Gasteiger partial charge in [-0.15, -0.1) is 11.3 Å². The molecule has 1 atom stereocenters. The fourth-order valence-electron chi connectivity index (χ4n) is 1.43. The van der Waals surface area contributed by atoms with Crippen LogP contribution in [0.1, 0.15) is 22.4 Å². The Morgan fingerprint density at radius 1 is 1.60 bits per heavy atom. The van der Waals surface area contributed by atoms with Crippen LogP contribution in [0.4, 0.5) is 0 Å². The third-order valence-electron chi connectivity index (χ3n) is 2.19. The number of nitrogens with two attached hydrogens (primary N) is 1. The van der Waals surface area contributed by atoms with Crippen molar-refractivity contribution in [2.45, 2.75) is 19.4 Å². The first-order valence-corrected chi connectivity index (χ1v) is 5.57. The van der Waals surface area contributed by atoms with Gasteiger partial charge < -0.3 is 4.42 Å². The molecule has 0 saturated carbocycles. The van der Waals surface area contributed by atoms with Gasteiger partial charge >= 0.3 is 0 Å². The molecule has 0 bridgehead atoms. The molecule has 0 saturated heterocycles. The Kier molecular flexibility index (Phi) is 3.15. The molecule has 0 radical (unpaired) electrons. The molecule has 0 aromatic carbocycles. The number of nitrogens with zero attached hydrogens (tertiary/aromatic N) is 1. The molecule has 3 N–H and O–H groups in total. The predicted molar refractivity (Wildman–Crippen MR) is 59.3 cm³/mol. The number of rotatable bonds is 4. The summed E-state index contributed by atoms with van der Waals surface area (Å²) in [5, 5.41) is 0. The van der Waals surface area contributed by atoms with E-state index in [0.29, 0.717) is 0 Å². The summed E-state index contributed by atoms with van der Waals surface area (Å²) in [5.74, 6) is 7.27. The normalized spacial score (nSPS) is 12.9. The third-order valence-corrected chi connectivity index (χ3v) is 3.00. The molecule has 15 heavy (non-hydrogen) atoms. The van der Waals surface area contributed by atoms with Gasteiger partial charge in [-0.05, 0) is 19.1 Å². The van der Waals surface area contributed by atoms with Crippen molar-refractivity contribution in [3.05, 3.63) is 40.2 Å². The molecule has 80 valence electrons. The number of hydrogen-bond donors (Lipinski definition) is 2. The van der Waals surface area contributed by atoms with Gasteiger partial charge in [0.2, 0.25) is 0 Å². The molecular weight excluding hydrogens is 210 g/mol. The van der Waals surface area contributed by atoms with E-state index in [4.69, 9.17) is 10.3 Å². The maximum atomic E-state index is 5.53. The number of aryl methyl sites for hydroxylation is 1. The van der Waals surface area contributed by atoms with Crippen LogP contribution in [-0.2, 0) is 6.42 Å². The van der Waals surface area contributed by atoms with Gasteiger partial charge in [-0.2, -0.15) is 0 Å². The topological polar surface area (TPSA) is 64.1 Å². The zero-order chi connectivity index (χ0) is 10.7. The number of thiazole rings is 1. The fraction of sp³-hybridized carbons (Fsp3) is 0.300. The minimum Gasteiger partial charge on any atom is -0.465 e. The van der Waals surface area contributed by atoms with Crippen LogP contribution < -0.4 is 11.3 Å². The molecule has 4 nitrogen and oxygen atoms in total. The van der Waals surface area contributed by atoms with E-state index >= 15 is 0 Å². The summed E-state index contributed by atoms with van der Waals surface area (Å²) >= 11 is 1.62. The van der Waals surface area contributed by atoms with E-state index in [1.807, 2.05) is 30.8 Å². The zero-order valence-electron chi connectivity index (χ0n) is 8.43. The molecule has 0 spiro atoms. The standard InChI is InChI=1S/C10H13N3OS/c1-7-2-3-10(14-7)9(13-11)4-8-5-12-6-15-8/h2-3,5-6,9,13H,4,11H2,1H3. The van der Waals surface area contributed by atoms with Gasteiger partial charge in [0.05, 0.1) is 11.6 Å². The third kappa shape index (κ3) is 2.44. The summed E-state index contributed by atoms with van der Waals surface area (Å²) in [6, 6.07) is 3.90. The fourth-order valence-corrected chi connectivity index (χ4v) is 2.07. The van der Waals surface area contributed by atoms with Crippen LogP contribution in [0.15, 0.2) is 28.3 Å². The molecule has 2 heterocycles. The SMILES string of the molecule is Cc1ccc(C(Cc2cncs2)NN)o1. The van der Waals surface area contributed by atoms with E-state index in [1.54, 1.807) is 11.3 Å². The zero-order valence-corrected chi connectivity index (χ0v) is 9.25. The van der Waals surface area contributed by atoms with E-state index in [1.165, 1.54) is 4.88 Å². The molecule has 0 aliphatic carbocycles. The van der Waals surface area contributed by atoms with Crippen LogP contribution in [0.25, 0.3) is 0 Å². The minimum absolute atomic E-state index is 0.0131. The van der Waals surface area contributed by atoms with Crippen LogP contribution >= 0.6 is 11.3 Å². The van der Waals surface area contributed by atoms with Crippen LogP contribution in [0, 0.1) is 6.92 Å². The first-order valence-electron chi connectivity index (χ1n) is 4.69. The quantitative estimate of drug-likeness (QED) is 0.612. The summed E-state index contributed by atoms with van der Waals surface area (Å²) in [6.45, 7) is 1.92. The van der Waals surface area contributed by atoms with Gasteiger partial charge in [0.1, 0.15) is 11.5 Å². The second-order valence-corrected chi connectivity index (χ2v) is 4.31. The van der Waals surface area contributed by atoms with Gasteiger partial charge in [0.15, 0.2) is 0 Å². The summed E-state index contributed by atoms with van der Waals surface area (Å²) in [6.07, 6.45) is 2.65. The molecular formula is C10H13N3OS. The Morgan fingerprint density at radius 3 is 3.00 bits per heavy atom. The van der Waals surface area contributed by atoms with E-state index < -0.39 is 0 Å². The largest absolute Gasteiger partial charge is 0.465 e. The average molecular weight is 223 g/mol. The molecule has 1 unspecified atom stereocenters. The molecule has 0 amide bonds. The highest BCUT2D eigenvalue weighted by Gasteiger charge is 2.14. The Bertz CT molecular complexity index is 410. The lowest BCUT2D eigenvalue weighted by Gasteiger charge is -2.11.